The maximum atomic E-state index is 6.19. The third-order valence-electron chi connectivity index (χ3n) is 9.16. The van der Waals surface area contributed by atoms with Crippen molar-refractivity contribution in [1.82, 2.24) is 25.1 Å². The van der Waals surface area contributed by atoms with Gasteiger partial charge in [-0.15, -0.1) is 0 Å². The average Bonchev–Trinajstić information content (AvgIpc) is 3.22. The van der Waals surface area contributed by atoms with E-state index in [-0.39, 0.29) is 5.60 Å². The highest BCUT2D eigenvalue weighted by atomic mass is 16.5. The maximum absolute atomic E-state index is 6.19. The molecule has 2 atom stereocenters. The van der Waals surface area contributed by atoms with Crippen molar-refractivity contribution in [3.63, 3.8) is 0 Å². The lowest BCUT2D eigenvalue weighted by atomic mass is 9.75. The second-order valence-electron chi connectivity index (χ2n) is 11.5. The number of piperazine rings is 1. The molecule has 1 aliphatic heterocycles. The number of aromatic amines is 1. The fourth-order valence-electron chi connectivity index (χ4n) is 6.44. The Bertz CT molecular complexity index is 1210. The molecule has 3 aliphatic carbocycles. The van der Waals surface area contributed by atoms with E-state index in [2.05, 4.69) is 49.0 Å². The number of benzene rings is 1. The van der Waals surface area contributed by atoms with Crippen LogP contribution in [-0.4, -0.2) is 62.9 Å². The molecule has 3 heterocycles. The third kappa shape index (κ3) is 4.18. The number of nitrogens with one attached hydrogen (secondary N) is 1. The second kappa shape index (κ2) is 8.47. The van der Waals surface area contributed by atoms with Crippen LogP contribution in [0.1, 0.15) is 58.3 Å². The number of hydrogen-bond acceptors (Lipinski definition) is 6. The molecule has 0 bridgehead atoms. The molecule has 184 valence electrons. The van der Waals surface area contributed by atoms with Gasteiger partial charge in [0, 0.05) is 43.7 Å². The van der Waals surface area contributed by atoms with E-state index in [1.807, 2.05) is 12.1 Å². The van der Waals surface area contributed by atoms with Gasteiger partial charge in [-0.05, 0) is 69.1 Å². The van der Waals surface area contributed by atoms with Crippen molar-refractivity contribution in [3.8, 4) is 17.1 Å². The van der Waals surface area contributed by atoms with Crippen LogP contribution in [0, 0.1) is 11.8 Å². The molecule has 2 unspecified atom stereocenters. The van der Waals surface area contributed by atoms with Crippen LogP contribution in [0.3, 0.4) is 0 Å². The zero-order valence-corrected chi connectivity index (χ0v) is 20.7. The molecule has 7 heteroatoms. The first kappa shape index (κ1) is 21.6. The number of hydrogen-bond donors (Lipinski definition) is 1. The van der Waals surface area contributed by atoms with Gasteiger partial charge in [0.25, 0.3) is 0 Å². The number of H-pyrrole nitrogens is 1. The topological polar surface area (TPSA) is 70.2 Å². The zero-order chi connectivity index (χ0) is 23.4. The van der Waals surface area contributed by atoms with E-state index in [1.165, 1.54) is 38.5 Å². The lowest BCUT2D eigenvalue weighted by Gasteiger charge is -2.39. The summed E-state index contributed by atoms with van der Waals surface area (Å²) in [6, 6.07) is 9.07. The smallest absolute Gasteiger partial charge is 0.132 e. The number of fused-ring (bicyclic) bond motifs is 1. The monoisotopic (exact) mass is 472 g/mol. The maximum Gasteiger partial charge on any atom is 0.132 e. The highest BCUT2D eigenvalue weighted by Gasteiger charge is 2.40. The summed E-state index contributed by atoms with van der Waals surface area (Å²) in [5, 5.41) is 8.81. The van der Waals surface area contributed by atoms with Crippen molar-refractivity contribution in [2.24, 2.45) is 11.8 Å². The van der Waals surface area contributed by atoms with Gasteiger partial charge >= 0.3 is 0 Å². The van der Waals surface area contributed by atoms with Crippen molar-refractivity contribution >= 4 is 16.7 Å². The summed E-state index contributed by atoms with van der Waals surface area (Å²) in [5.41, 5.74) is 2.72. The molecule has 1 saturated heterocycles. The second-order valence-corrected chi connectivity index (χ2v) is 11.5. The molecule has 4 aliphatic rings. The molecule has 0 amide bonds. The van der Waals surface area contributed by atoms with Crippen molar-refractivity contribution < 1.29 is 4.74 Å². The van der Waals surface area contributed by atoms with E-state index in [0.29, 0.717) is 0 Å². The number of anilines is 1. The van der Waals surface area contributed by atoms with Crippen molar-refractivity contribution in [2.45, 2.75) is 69.9 Å². The van der Waals surface area contributed by atoms with E-state index < -0.39 is 0 Å². The molecule has 0 radical (unpaired) electrons. The van der Waals surface area contributed by atoms with E-state index in [4.69, 9.17) is 4.74 Å². The minimum absolute atomic E-state index is 0.00157. The summed E-state index contributed by atoms with van der Waals surface area (Å²) in [5.74, 6) is 3.94. The Labute approximate surface area is 207 Å². The van der Waals surface area contributed by atoms with Crippen molar-refractivity contribution in [3.05, 3.63) is 30.6 Å². The van der Waals surface area contributed by atoms with E-state index in [0.717, 1.165) is 90.8 Å². The molecule has 3 saturated carbocycles. The standard InChI is InChI=1S/C28H36N6O/c1-28(9-10-28)35-22-7-8-24-23(16-22)27(32-31-24)25-17-26(30-18-29-25)34-13-11-33(12-14-34)21-6-5-20(15-21)19-3-2-4-19/h7-8,16-21H,2-6,9-15H2,1H3,(H,31,32). The zero-order valence-electron chi connectivity index (χ0n) is 20.7. The van der Waals surface area contributed by atoms with Crippen LogP contribution in [0.4, 0.5) is 5.82 Å². The molecule has 7 rings (SSSR count). The molecular weight excluding hydrogens is 436 g/mol. The van der Waals surface area contributed by atoms with Crippen LogP contribution in [-0.2, 0) is 0 Å². The quantitative estimate of drug-likeness (QED) is 0.542. The highest BCUT2D eigenvalue weighted by molar-refractivity contribution is 5.93. The fourth-order valence-corrected chi connectivity index (χ4v) is 6.44. The lowest BCUT2D eigenvalue weighted by molar-refractivity contribution is 0.162. The SMILES string of the molecule is CC1(Oc2ccc3[nH]nc(-c4cc(N5CCN(C6CCC(C7CCC7)C6)CC5)ncn4)c3c2)CC1. The van der Waals surface area contributed by atoms with Crippen LogP contribution < -0.4 is 9.64 Å². The number of nitrogens with zero attached hydrogens (tertiary/aromatic N) is 5. The Balaban J connectivity index is 1.04. The molecule has 35 heavy (non-hydrogen) atoms. The summed E-state index contributed by atoms with van der Waals surface area (Å²) >= 11 is 0. The molecule has 1 aromatic carbocycles. The van der Waals surface area contributed by atoms with E-state index in [9.17, 15) is 0 Å². The number of rotatable bonds is 6. The van der Waals surface area contributed by atoms with Gasteiger partial charge in [0.15, 0.2) is 0 Å². The number of aromatic nitrogens is 4. The predicted octanol–water partition coefficient (Wildman–Crippen LogP) is 5.04. The van der Waals surface area contributed by atoms with Crippen LogP contribution in [0.5, 0.6) is 5.75 Å². The molecule has 3 aromatic rings. The first-order valence-electron chi connectivity index (χ1n) is 13.6. The minimum atomic E-state index is -0.00157. The van der Waals surface area contributed by atoms with Gasteiger partial charge in [-0.3, -0.25) is 10.00 Å². The van der Waals surface area contributed by atoms with Gasteiger partial charge in [-0.1, -0.05) is 19.3 Å². The molecule has 1 N–H and O–H groups in total. The summed E-state index contributed by atoms with van der Waals surface area (Å²) in [7, 11) is 0. The van der Waals surface area contributed by atoms with Gasteiger partial charge < -0.3 is 9.64 Å². The van der Waals surface area contributed by atoms with Crippen molar-refractivity contribution in [2.75, 3.05) is 31.1 Å². The van der Waals surface area contributed by atoms with E-state index in [1.54, 1.807) is 6.33 Å². The molecular formula is C28H36N6O. The lowest BCUT2D eigenvalue weighted by Crippen LogP contribution is -2.50. The van der Waals surface area contributed by atoms with Crippen LogP contribution >= 0.6 is 0 Å². The number of ether oxygens (including phenoxy) is 1. The fraction of sp³-hybridized carbons (Fsp3) is 0.607. The Hall–Kier alpha value is -2.67. The Kier molecular flexibility index (Phi) is 5.23. The first-order valence-corrected chi connectivity index (χ1v) is 13.6. The summed E-state index contributed by atoms with van der Waals surface area (Å²) < 4.78 is 6.19. The summed E-state index contributed by atoms with van der Waals surface area (Å²) in [6.45, 7) is 6.49. The molecule has 7 nitrogen and oxygen atoms in total. The predicted molar refractivity (Wildman–Crippen MR) is 138 cm³/mol. The van der Waals surface area contributed by atoms with Crippen molar-refractivity contribution in [1.29, 1.82) is 0 Å². The highest BCUT2D eigenvalue weighted by Crippen LogP contribution is 2.44. The molecule has 0 spiro atoms. The normalized spacial score (nSPS) is 26.7. The van der Waals surface area contributed by atoms with Gasteiger partial charge in [0.05, 0.1) is 11.2 Å². The van der Waals surface area contributed by atoms with Crippen LogP contribution in [0.2, 0.25) is 0 Å². The Morgan fingerprint density at radius 1 is 0.971 bits per heavy atom. The largest absolute Gasteiger partial charge is 0.488 e. The summed E-state index contributed by atoms with van der Waals surface area (Å²) in [4.78, 5) is 14.4. The Morgan fingerprint density at radius 2 is 1.83 bits per heavy atom. The van der Waals surface area contributed by atoms with Gasteiger partial charge in [-0.2, -0.15) is 5.10 Å². The first-order chi connectivity index (χ1) is 17.1. The van der Waals surface area contributed by atoms with Crippen LogP contribution in [0.25, 0.3) is 22.3 Å². The van der Waals surface area contributed by atoms with E-state index >= 15 is 0 Å². The Morgan fingerprint density at radius 3 is 2.60 bits per heavy atom. The molecule has 4 fully saturated rings. The van der Waals surface area contributed by atoms with Gasteiger partial charge in [-0.25, -0.2) is 9.97 Å². The van der Waals surface area contributed by atoms with Gasteiger partial charge in [0.2, 0.25) is 0 Å². The third-order valence-corrected chi connectivity index (χ3v) is 9.16. The minimum Gasteiger partial charge on any atom is -0.488 e. The molecule has 2 aromatic heterocycles. The average molecular weight is 473 g/mol. The van der Waals surface area contributed by atoms with Gasteiger partial charge in [0.1, 0.15) is 29.2 Å². The van der Waals surface area contributed by atoms with Crippen LogP contribution in [0.15, 0.2) is 30.6 Å². The summed E-state index contributed by atoms with van der Waals surface area (Å²) in [6.07, 6.45) is 12.6.